The Kier molecular flexibility index (Phi) is 4.96. The summed E-state index contributed by atoms with van der Waals surface area (Å²) in [7, 11) is 0. The second kappa shape index (κ2) is 7.12. The molecule has 1 aromatic carbocycles. The molecule has 3 nitrogen and oxygen atoms in total. The number of benzene rings is 1. The minimum Gasteiger partial charge on any atom is -0.491 e. The molecule has 1 heterocycles. The van der Waals surface area contributed by atoms with Gasteiger partial charge in [0.15, 0.2) is 11.6 Å². The van der Waals surface area contributed by atoms with Crippen molar-refractivity contribution in [1.29, 1.82) is 0 Å². The van der Waals surface area contributed by atoms with Crippen LogP contribution >= 0.6 is 0 Å². The van der Waals surface area contributed by atoms with E-state index in [9.17, 15) is 9.18 Å². The normalized spacial score (nSPS) is 22.2. The second-order valence-electron chi connectivity index (χ2n) is 6.49. The first-order chi connectivity index (χ1) is 10.7. The lowest BCUT2D eigenvalue weighted by Crippen LogP contribution is -2.33. The number of hydrogen-bond acceptors (Lipinski definition) is 2. The van der Waals surface area contributed by atoms with E-state index in [4.69, 9.17) is 4.74 Å². The van der Waals surface area contributed by atoms with Crippen LogP contribution in [0.5, 0.6) is 5.75 Å². The second-order valence-corrected chi connectivity index (χ2v) is 6.49. The molecule has 1 amide bonds. The molecule has 1 saturated heterocycles. The van der Waals surface area contributed by atoms with Crippen LogP contribution in [0.1, 0.15) is 38.5 Å². The number of ether oxygens (including phenoxy) is 1. The molecule has 0 radical (unpaired) electrons. The van der Waals surface area contributed by atoms with Crippen molar-refractivity contribution in [2.45, 2.75) is 38.5 Å². The van der Waals surface area contributed by atoms with Crippen molar-refractivity contribution in [3.63, 3.8) is 0 Å². The van der Waals surface area contributed by atoms with Gasteiger partial charge in [-0.1, -0.05) is 25.0 Å². The van der Waals surface area contributed by atoms with E-state index in [1.54, 1.807) is 18.2 Å². The monoisotopic (exact) mass is 305 g/mol. The van der Waals surface area contributed by atoms with Crippen molar-refractivity contribution in [2.24, 2.45) is 11.8 Å². The number of carbonyl (C=O) groups is 1. The Morgan fingerprint density at radius 3 is 2.77 bits per heavy atom. The van der Waals surface area contributed by atoms with E-state index >= 15 is 0 Å². The minimum absolute atomic E-state index is 0.272. The van der Waals surface area contributed by atoms with Gasteiger partial charge in [0.05, 0.1) is 6.61 Å². The number of hydrogen-bond donors (Lipinski definition) is 0. The zero-order valence-electron chi connectivity index (χ0n) is 13.0. The zero-order chi connectivity index (χ0) is 15.4. The van der Waals surface area contributed by atoms with Gasteiger partial charge in [-0.25, -0.2) is 4.39 Å². The molecule has 0 N–H and O–H groups in total. The Bertz CT molecular complexity index is 514. The predicted octanol–water partition coefficient (Wildman–Crippen LogP) is 3.63. The molecule has 1 aromatic rings. The summed E-state index contributed by atoms with van der Waals surface area (Å²) in [5.41, 5.74) is 0. The number of amides is 1. The standard InChI is InChI=1S/C18H24FNO2/c19-16-7-3-4-8-17(16)22-12-10-14-9-11-20(13-14)18(21)15-5-1-2-6-15/h3-4,7-8,14-15H,1-2,5-6,9-13H2. The Hall–Kier alpha value is -1.58. The molecule has 0 aromatic heterocycles. The predicted molar refractivity (Wildman–Crippen MR) is 83.2 cm³/mol. The molecule has 0 spiro atoms. The lowest BCUT2D eigenvalue weighted by Gasteiger charge is -2.20. The molecule has 22 heavy (non-hydrogen) atoms. The van der Waals surface area contributed by atoms with Gasteiger partial charge in [0.1, 0.15) is 0 Å². The SMILES string of the molecule is O=C(C1CCCC1)N1CCC(CCOc2ccccc2F)C1. The Morgan fingerprint density at radius 1 is 1.23 bits per heavy atom. The highest BCUT2D eigenvalue weighted by Gasteiger charge is 2.32. The molecule has 2 aliphatic rings. The van der Waals surface area contributed by atoms with Gasteiger partial charge >= 0.3 is 0 Å². The first-order valence-electron chi connectivity index (χ1n) is 8.40. The fraction of sp³-hybridized carbons (Fsp3) is 0.611. The maximum absolute atomic E-state index is 13.5. The first kappa shape index (κ1) is 15.3. The van der Waals surface area contributed by atoms with Crippen LogP contribution in [0.3, 0.4) is 0 Å². The van der Waals surface area contributed by atoms with Gasteiger partial charge in [0.2, 0.25) is 5.91 Å². The average Bonchev–Trinajstić information content (AvgIpc) is 3.20. The lowest BCUT2D eigenvalue weighted by molar-refractivity contribution is -0.134. The van der Waals surface area contributed by atoms with Crippen LogP contribution in [0.4, 0.5) is 4.39 Å². The molecule has 2 fully saturated rings. The molecule has 1 saturated carbocycles. The molecule has 4 heteroatoms. The lowest BCUT2D eigenvalue weighted by atomic mass is 10.1. The van der Waals surface area contributed by atoms with E-state index < -0.39 is 0 Å². The fourth-order valence-electron chi connectivity index (χ4n) is 3.60. The van der Waals surface area contributed by atoms with Crippen molar-refractivity contribution >= 4 is 5.91 Å². The topological polar surface area (TPSA) is 29.5 Å². The summed E-state index contributed by atoms with van der Waals surface area (Å²) >= 11 is 0. The van der Waals surface area contributed by atoms with E-state index in [1.165, 1.54) is 18.9 Å². The number of halogens is 1. The van der Waals surface area contributed by atoms with E-state index in [-0.39, 0.29) is 11.7 Å². The summed E-state index contributed by atoms with van der Waals surface area (Å²) in [5, 5.41) is 0. The van der Waals surface area contributed by atoms with Crippen LogP contribution in [0.2, 0.25) is 0 Å². The van der Waals surface area contributed by atoms with Crippen LogP contribution in [-0.4, -0.2) is 30.5 Å². The van der Waals surface area contributed by atoms with E-state index in [0.717, 1.165) is 38.8 Å². The summed E-state index contributed by atoms with van der Waals surface area (Å²) in [5.74, 6) is 1.12. The summed E-state index contributed by atoms with van der Waals surface area (Å²) < 4.78 is 19.0. The van der Waals surface area contributed by atoms with Gasteiger partial charge in [-0.2, -0.15) is 0 Å². The molecular formula is C18H24FNO2. The van der Waals surface area contributed by atoms with Gasteiger partial charge < -0.3 is 9.64 Å². The highest BCUT2D eigenvalue weighted by Crippen LogP contribution is 2.29. The Labute approximate surface area is 131 Å². The molecule has 1 unspecified atom stereocenters. The van der Waals surface area contributed by atoms with E-state index in [1.807, 2.05) is 4.90 Å². The summed E-state index contributed by atoms with van der Waals surface area (Å²) in [6.07, 6.45) is 6.45. The molecular weight excluding hydrogens is 281 g/mol. The summed E-state index contributed by atoms with van der Waals surface area (Å²) in [4.78, 5) is 14.4. The Balaban J connectivity index is 1.41. The van der Waals surface area contributed by atoms with E-state index in [0.29, 0.717) is 24.2 Å². The fourth-order valence-corrected chi connectivity index (χ4v) is 3.60. The maximum atomic E-state index is 13.5. The van der Waals surface area contributed by atoms with Gasteiger partial charge in [-0.3, -0.25) is 4.79 Å². The highest BCUT2D eigenvalue weighted by atomic mass is 19.1. The maximum Gasteiger partial charge on any atom is 0.225 e. The Morgan fingerprint density at radius 2 is 2.00 bits per heavy atom. The van der Waals surface area contributed by atoms with Crippen LogP contribution in [0.25, 0.3) is 0 Å². The van der Waals surface area contributed by atoms with Gasteiger partial charge in [0, 0.05) is 19.0 Å². The summed E-state index contributed by atoms with van der Waals surface area (Å²) in [6, 6.07) is 6.49. The number of para-hydroxylation sites is 1. The number of likely N-dealkylation sites (tertiary alicyclic amines) is 1. The number of rotatable bonds is 5. The molecule has 3 rings (SSSR count). The van der Waals surface area contributed by atoms with Crippen molar-refractivity contribution in [1.82, 2.24) is 4.90 Å². The molecule has 1 atom stereocenters. The number of nitrogens with zero attached hydrogens (tertiary/aromatic N) is 1. The smallest absolute Gasteiger partial charge is 0.225 e. The van der Waals surface area contributed by atoms with Crippen molar-refractivity contribution in [3.05, 3.63) is 30.1 Å². The molecule has 1 aliphatic carbocycles. The number of carbonyl (C=O) groups excluding carboxylic acids is 1. The molecule has 0 bridgehead atoms. The van der Waals surface area contributed by atoms with E-state index in [2.05, 4.69) is 0 Å². The zero-order valence-corrected chi connectivity index (χ0v) is 13.0. The van der Waals surface area contributed by atoms with Crippen molar-refractivity contribution in [2.75, 3.05) is 19.7 Å². The largest absolute Gasteiger partial charge is 0.491 e. The van der Waals surface area contributed by atoms with Crippen LogP contribution in [0, 0.1) is 17.7 Å². The third kappa shape index (κ3) is 3.60. The third-order valence-electron chi connectivity index (χ3n) is 4.92. The van der Waals surface area contributed by atoms with Gasteiger partial charge in [-0.15, -0.1) is 0 Å². The molecule has 120 valence electrons. The first-order valence-corrected chi connectivity index (χ1v) is 8.40. The van der Waals surface area contributed by atoms with Crippen molar-refractivity contribution < 1.29 is 13.9 Å². The van der Waals surface area contributed by atoms with Crippen LogP contribution in [-0.2, 0) is 4.79 Å². The average molecular weight is 305 g/mol. The van der Waals surface area contributed by atoms with Crippen LogP contribution < -0.4 is 4.74 Å². The van der Waals surface area contributed by atoms with Gasteiger partial charge in [-0.05, 0) is 43.7 Å². The quantitative estimate of drug-likeness (QED) is 0.831. The minimum atomic E-state index is -0.313. The van der Waals surface area contributed by atoms with Crippen molar-refractivity contribution in [3.8, 4) is 5.75 Å². The third-order valence-corrected chi connectivity index (χ3v) is 4.92. The summed E-state index contributed by atoms with van der Waals surface area (Å²) in [6.45, 7) is 2.23. The molecule has 1 aliphatic heterocycles. The van der Waals surface area contributed by atoms with Crippen LogP contribution in [0.15, 0.2) is 24.3 Å². The van der Waals surface area contributed by atoms with Gasteiger partial charge in [0.25, 0.3) is 0 Å². The highest BCUT2D eigenvalue weighted by molar-refractivity contribution is 5.79.